The van der Waals surface area contributed by atoms with Gasteiger partial charge in [-0.15, -0.1) is 0 Å². The molecular formula is C12H13ClFN3O2S. The van der Waals surface area contributed by atoms with Crippen LogP contribution in [0.1, 0.15) is 11.4 Å². The predicted octanol–water partition coefficient (Wildman–Crippen LogP) is 2.64. The van der Waals surface area contributed by atoms with Crippen molar-refractivity contribution in [3.63, 3.8) is 0 Å². The smallest absolute Gasteiger partial charge is 0.267 e. The van der Waals surface area contributed by atoms with E-state index in [9.17, 15) is 12.8 Å². The molecule has 0 unspecified atom stereocenters. The van der Waals surface area contributed by atoms with Crippen LogP contribution in [0.5, 0.6) is 0 Å². The molecule has 0 saturated carbocycles. The van der Waals surface area contributed by atoms with Crippen molar-refractivity contribution in [3.05, 3.63) is 40.4 Å². The Hall–Kier alpha value is -1.60. The maximum Gasteiger partial charge on any atom is 0.267 e. The van der Waals surface area contributed by atoms with E-state index in [1.54, 1.807) is 13.8 Å². The number of rotatable bonds is 3. The summed E-state index contributed by atoms with van der Waals surface area (Å²) >= 11 is 5.68. The number of hydrogen-bond acceptors (Lipinski definition) is 3. The molecule has 0 aliphatic heterocycles. The van der Waals surface area contributed by atoms with E-state index >= 15 is 0 Å². The third-order valence-corrected chi connectivity index (χ3v) is 5.28. The van der Waals surface area contributed by atoms with Crippen LogP contribution in [0.25, 0.3) is 0 Å². The minimum absolute atomic E-state index is 0.112. The number of aryl methyl sites for hydroxylation is 2. The summed E-state index contributed by atoms with van der Waals surface area (Å²) in [7, 11) is -2.40. The van der Waals surface area contributed by atoms with Crippen LogP contribution in [-0.4, -0.2) is 25.7 Å². The monoisotopic (exact) mass is 317 g/mol. The zero-order chi connectivity index (χ0) is 15.1. The fraction of sp³-hybridized carbons (Fsp3) is 0.250. The van der Waals surface area contributed by atoms with Gasteiger partial charge in [0.15, 0.2) is 0 Å². The van der Waals surface area contributed by atoms with E-state index in [-0.39, 0.29) is 15.6 Å². The number of aromatic amines is 1. The van der Waals surface area contributed by atoms with E-state index < -0.39 is 15.8 Å². The molecule has 0 atom stereocenters. The van der Waals surface area contributed by atoms with Crippen LogP contribution < -0.4 is 4.31 Å². The highest BCUT2D eigenvalue weighted by atomic mass is 35.5. The van der Waals surface area contributed by atoms with Gasteiger partial charge in [-0.2, -0.15) is 5.10 Å². The Kier molecular flexibility index (Phi) is 3.75. The second kappa shape index (κ2) is 5.06. The predicted molar refractivity (Wildman–Crippen MR) is 75.1 cm³/mol. The van der Waals surface area contributed by atoms with Crippen LogP contribution in [0.15, 0.2) is 23.1 Å². The number of sulfonamides is 1. The van der Waals surface area contributed by atoms with Gasteiger partial charge in [0.05, 0.1) is 22.1 Å². The summed E-state index contributed by atoms with van der Waals surface area (Å²) in [5.41, 5.74) is 1.10. The molecule has 2 rings (SSSR count). The highest BCUT2D eigenvalue weighted by Crippen LogP contribution is 2.28. The number of aromatic nitrogens is 2. The van der Waals surface area contributed by atoms with Gasteiger partial charge in [-0.25, -0.2) is 12.8 Å². The van der Waals surface area contributed by atoms with Crippen molar-refractivity contribution in [2.45, 2.75) is 18.7 Å². The molecule has 1 N–H and O–H groups in total. The van der Waals surface area contributed by atoms with Crippen LogP contribution in [-0.2, 0) is 10.0 Å². The molecule has 2 aromatic rings. The maximum atomic E-state index is 13.1. The average molecular weight is 318 g/mol. The third kappa shape index (κ3) is 2.38. The normalized spacial score (nSPS) is 11.7. The van der Waals surface area contributed by atoms with Crippen LogP contribution in [0.4, 0.5) is 10.1 Å². The average Bonchev–Trinajstić information content (AvgIpc) is 2.72. The molecule has 0 radical (unpaired) electrons. The van der Waals surface area contributed by atoms with Crippen molar-refractivity contribution in [3.8, 4) is 0 Å². The Morgan fingerprint density at radius 1 is 1.35 bits per heavy atom. The van der Waals surface area contributed by atoms with Crippen LogP contribution in [0.3, 0.4) is 0 Å². The van der Waals surface area contributed by atoms with Crippen LogP contribution >= 0.6 is 11.6 Å². The van der Waals surface area contributed by atoms with Crippen molar-refractivity contribution in [1.82, 2.24) is 10.2 Å². The standard InChI is InChI=1S/C12H13ClFN3O2S/c1-7-12(8(2)16-15-7)20(18,19)17(3)9-4-5-11(14)10(13)6-9/h4-6H,1-3H3,(H,15,16). The lowest BCUT2D eigenvalue weighted by Crippen LogP contribution is -2.27. The summed E-state index contributed by atoms with van der Waals surface area (Å²) in [4.78, 5) is 0.112. The fourth-order valence-corrected chi connectivity index (χ4v) is 3.57. The Morgan fingerprint density at radius 2 is 2.00 bits per heavy atom. The van der Waals surface area contributed by atoms with E-state index in [2.05, 4.69) is 10.2 Å². The molecule has 0 fully saturated rings. The summed E-state index contributed by atoms with van der Waals surface area (Å²) in [6, 6.07) is 3.74. The van der Waals surface area contributed by atoms with Crippen molar-refractivity contribution in [2.24, 2.45) is 0 Å². The minimum atomic E-state index is -3.78. The number of hydrogen-bond donors (Lipinski definition) is 1. The molecule has 0 aliphatic carbocycles. The summed E-state index contributed by atoms with van der Waals surface area (Å²) in [6.07, 6.45) is 0. The quantitative estimate of drug-likeness (QED) is 0.946. The molecular weight excluding hydrogens is 305 g/mol. The van der Waals surface area contributed by atoms with Gasteiger partial charge in [-0.3, -0.25) is 9.40 Å². The number of benzene rings is 1. The van der Waals surface area contributed by atoms with Gasteiger partial charge in [0.1, 0.15) is 10.7 Å². The lowest BCUT2D eigenvalue weighted by molar-refractivity contribution is 0.593. The summed E-state index contributed by atoms with van der Waals surface area (Å²) in [5, 5.41) is 6.37. The van der Waals surface area contributed by atoms with Crippen molar-refractivity contribution in [2.75, 3.05) is 11.4 Å². The van der Waals surface area contributed by atoms with E-state index in [0.717, 1.165) is 10.4 Å². The van der Waals surface area contributed by atoms with Crippen molar-refractivity contribution in [1.29, 1.82) is 0 Å². The zero-order valence-electron chi connectivity index (χ0n) is 11.1. The number of nitrogens with one attached hydrogen (secondary N) is 1. The number of halogens is 2. The number of H-pyrrole nitrogens is 1. The summed E-state index contributed by atoms with van der Waals surface area (Å²) < 4.78 is 39.3. The molecule has 5 nitrogen and oxygen atoms in total. The Morgan fingerprint density at radius 3 is 2.50 bits per heavy atom. The van der Waals surface area contributed by atoms with Gasteiger partial charge in [-0.1, -0.05) is 11.6 Å². The molecule has 0 bridgehead atoms. The SMILES string of the molecule is Cc1n[nH]c(C)c1S(=O)(=O)N(C)c1ccc(F)c(Cl)c1. The molecule has 8 heteroatoms. The molecule has 20 heavy (non-hydrogen) atoms. The van der Waals surface area contributed by atoms with E-state index in [1.807, 2.05) is 0 Å². The van der Waals surface area contributed by atoms with Gasteiger partial charge in [0.25, 0.3) is 10.0 Å². The minimum Gasteiger partial charge on any atom is -0.281 e. The highest BCUT2D eigenvalue weighted by Gasteiger charge is 2.27. The van der Waals surface area contributed by atoms with Gasteiger partial charge in [0, 0.05) is 7.05 Å². The second-order valence-corrected chi connectivity index (χ2v) is 6.65. The first-order valence-corrected chi connectivity index (χ1v) is 7.52. The van der Waals surface area contributed by atoms with Gasteiger partial charge >= 0.3 is 0 Å². The van der Waals surface area contributed by atoms with Crippen molar-refractivity contribution < 1.29 is 12.8 Å². The highest BCUT2D eigenvalue weighted by molar-refractivity contribution is 7.92. The topological polar surface area (TPSA) is 66.1 Å². The van der Waals surface area contributed by atoms with E-state index in [4.69, 9.17) is 11.6 Å². The molecule has 108 valence electrons. The van der Waals surface area contributed by atoms with Gasteiger partial charge in [-0.05, 0) is 32.0 Å². The molecule has 1 heterocycles. The first-order valence-electron chi connectivity index (χ1n) is 5.70. The molecule has 0 amide bonds. The first kappa shape index (κ1) is 14.8. The Balaban J connectivity index is 2.52. The largest absolute Gasteiger partial charge is 0.281 e. The zero-order valence-corrected chi connectivity index (χ0v) is 12.7. The first-order chi connectivity index (χ1) is 9.25. The summed E-state index contributed by atoms with van der Waals surface area (Å²) in [5.74, 6) is -0.600. The van der Waals surface area contributed by atoms with Gasteiger partial charge < -0.3 is 0 Å². The molecule has 1 aromatic heterocycles. The van der Waals surface area contributed by atoms with E-state index in [1.165, 1.54) is 19.2 Å². The number of anilines is 1. The third-order valence-electron chi connectivity index (χ3n) is 2.95. The Bertz CT molecular complexity index is 739. The lowest BCUT2D eigenvalue weighted by atomic mass is 10.3. The summed E-state index contributed by atoms with van der Waals surface area (Å²) in [6.45, 7) is 3.22. The van der Waals surface area contributed by atoms with Crippen LogP contribution in [0.2, 0.25) is 5.02 Å². The van der Waals surface area contributed by atoms with Crippen LogP contribution in [0, 0.1) is 19.7 Å². The second-order valence-electron chi connectivity index (χ2n) is 4.33. The molecule has 0 saturated heterocycles. The maximum absolute atomic E-state index is 13.1. The van der Waals surface area contributed by atoms with Gasteiger partial charge in [0.2, 0.25) is 0 Å². The number of nitrogens with zero attached hydrogens (tertiary/aromatic N) is 2. The molecule has 0 aliphatic rings. The Labute approximate surface area is 121 Å². The fourth-order valence-electron chi connectivity index (χ4n) is 1.88. The van der Waals surface area contributed by atoms with Crippen molar-refractivity contribution >= 4 is 27.3 Å². The van der Waals surface area contributed by atoms with E-state index in [0.29, 0.717) is 11.4 Å². The molecule has 1 aromatic carbocycles. The molecule has 0 spiro atoms. The lowest BCUT2D eigenvalue weighted by Gasteiger charge is -2.19.